The van der Waals surface area contributed by atoms with Crippen molar-refractivity contribution in [1.82, 2.24) is 15.1 Å². The van der Waals surface area contributed by atoms with Crippen molar-refractivity contribution in [3.63, 3.8) is 0 Å². The van der Waals surface area contributed by atoms with Gasteiger partial charge in [-0.3, -0.25) is 4.68 Å². The van der Waals surface area contributed by atoms with Gasteiger partial charge in [0.2, 0.25) is 0 Å². The fourth-order valence-electron chi connectivity index (χ4n) is 3.33. The molecular weight excluding hydrogens is 346 g/mol. The van der Waals surface area contributed by atoms with Gasteiger partial charge < -0.3 is 9.73 Å². The third-order valence-electron chi connectivity index (χ3n) is 4.86. The summed E-state index contributed by atoms with van der Waals surface area (Å²) in [6.45, 7) is 5.57. The van der Waals surface area contributed by atoms with Crippen LogP contribution in [0.4, 0.5) is 0 Å². The van der Waals surface area contributed by atoms with Crippen molar-refractivity contribution in [3.05, 3.63) is 102 Å². The van der Waals surface area contributed by atoms with E-state index in [9.17, 15) is 0 Å². The highest BCUT2D eigenvalue weighted by Crippen LogP contribution is 2.24. The lowest BCUT2D eigenvalue weighted by Gasteiger charge is -2.11. The van der Waals surface area contributed by atoms with Crippen LogP contribution in [0.25, 0.3) is 11.3 Å². The van der Waals surface area contributed by atoms with Gasteiger partial charge in [-0.1, -0.05) is 60.7 Å². The molecule has 142 valence electrons. The number of rotatable bonds is 7. The van der Waals surface area contributed by atoms with E-state index in [4.69, 9.17) is 9.52 Å². The van der Waals surface area contributed by atoms with Gasteiger partial charge in [0.15, 0.2) is 0 Å². The van der Waals surface area contributed by atoms with E-state index in [-0.39, 0.29) is 6.04 Å². The Hall–Kier alpha value is -3.11. The molecule has 1 atom stereocenters. The van der Waals surface area contributed by atoms with Crippen molar-refractivity contribution in [3.8, 4) is 11.3 Å². The highest BCUT2D eigenvalue weighted by molar-refractivity contribution is 5.62. The van der Waals surface area contributed by atoms with Crippen LogP contribution in [0.3, 0.4) is 0 Å². The molecule has 4 nitrogen and oxygen atoms in total. The standard InChI is InChI=1S/C24H25N3O/c1-18-13-14-23(28-18)19(2)25-15-22-17-27(16-20-9-5-3-6-10-20)26-24(22)21-11-7-4-8-12-21/h3-14,17,19,25H,15-16H2,1-2H3/t19-/m0/s1. The molecule has 2 heterocycles. The molecule has 2 aromatic carbocycles. The minimum Gasteiger partial charge on any atom is -0.465 e. The van der Waals surface area contributed by atoms with E-state index in [1.54, 1.807) is 0 Å². The molecule has 0 spiro atoms. The maximum absolute atomic E-state index is 5.75. The lowest BCUT2D eigenvalue weighted by Crippen LogP contribution is -2.17. The Morgan fingerprint density at radius 2 is 1.68 bits per heavy atom. The van der Waals surface area contributed by atoms with E-state index in [2.05, 4.69) is 67.0 Å². The number of hydrogen-bond acceptors (Lipinski definition) is 3. The van der Waals surface area contributed by atoms with Crippen LogP contribution in [-0.2, 0) is 13.1 Å². The fourth-order valence-corrected chi connectivity index (χ4v) is 3.33. The van der Waals surface area contributed by atoms with Gasteiger partial charge in [0, 0.05) is 23.9 Å². The van der Waals surface area contributed by atoms with Gasteiger partial charge in [0.25, 0.3) is 0 Å². The van der Waals surface area contributed by atoms with Gasteiger partial charge in [-0.25, -0.2) is 0 Å². The number of nitrogens with one attached hydrogen (secondary N) is 1. The molecule has 0 aliphatic rings. The molecule has 0 bridgehead atoms. The molecular formula is C24H25N3O. The molecule has 2 aromatic heterocycles. The van der Waals surface area contributed by atoms with Gasteiger partial charge >= 0.3 is 0 Å². The summed E-state index contributed by atoms with van der Waals surface area (Å²) in [4.78, 5) is 0. The van der Waals surface area contributed by atoms with E-state index in [0.717, 1.165) is 35.9 Å². The molecule has 0 aliphatic carbocycles. The second-order valence-electron chi connectivity index (χ2n) is 7.10. The predicted octanol–water partition coefficient (Wildman–Crippen LogP) is 5.35. The van der Waals surface area contributed by atoms with Crippen LogP contribution in [0, 0.1) is 6.92 Å². The van der Waals surface area contributed by atoms with Crippen LogP contribution in [0.1, 0.15) is 35.6 Å². The van der Waals surface area contributed by atoms with Crippen LogP contribution in [0.15, 0.2) is 83.4 Å². The normalized spacial score (nSPS) is 12.2. The monoisotopic (exact) mass is 371 g/mol. The van der Waals surface area contributed by atoms with E-state index in [1.165, 1.54) is 11.1 Å². The first-order valence-corrected chi connectivity index (χ1v) is 9.64. The highest BCUT2D eigenvalue weighted by atomic mass is 16.3. The van der Waals surface area contributed by atoms with Gasteiger partial charge in [0.05, 0.1) is 18.3 Å². The van der Waals surface area contributed by atoms with E-state index in [0.29, 0.717) is 0 Å². The third kappa shape index (κ3) is 4.24. The van der Waals surface area contributed by atoms with Gasteiger partial charge in [0.1, 0.15) is 11.5 Å². The lowest BCUT2D eigenvalue weighted by molar-refractivity contribution is 0.416. The summed E-state index contributed by atoms with van der Waals surface area (Å²) in [7, 11) is 0. The molecule has 0 saturated carbocycles. The second kappa shape index (κ2) is 8.28. The number of aromatic nitrogens is 2. The molecule has 0 amide bonds. The van der Waals surface area contributed by atoms with Crippen molar-refractivity contribution in [2.24, 2.45) is 0 Å². The third-order valence-corrected chi connectivity index (χ3v) is 4.86. The maximum Gasteiger partial charge on any atom is 0.120 e. The average molecular weight is 371 g/mol. The average Bonchev–Trinajstić information content (AvgIpc) is 3.34. The largest absolute Gasteiger partial charge is 0.465 e. The zero-order valence-corrected chi connectivity index (χ0v) is 16.3. The number of hydrogen-bond donors (Lipinski definition) is 1. The summed E-state index contributed by atoms with van der Waals surface area (Å²) >= 11 is 0. The lowest BCUT2D eigenvalue weighted by atomic mass is 10.1. The van der Waals surface area contributed by atoms with E-state index >= 15 is 0 Å². The summed E-state index contributed by atoms with van der Waals surface area (Å²) in [5.41, 5.74) is 4.57. The SMILES string of the molecule is Cc1ccc([C@H](C)NCc2cn(Cc3ccccc3)nc2-c2ccccc2)o1. The molecule has 0 unspecified atom stereocenters. The number of nitrogens with zero attached hydrogens (tertiary/aromatic N) is 2. The van der Waals surface area contributed by atoms with Crippen LogP contribution >= 0.6 is 0 Å². The molecule has 0 saturated heterocycles. The minimum atomic E-state index is 0.134. The van der Waals surface area contributed by atoms with Crippen LogP contribution in [0.5, 0.6) is 0 Å². The van der Waals surface area contributed by atoms with Crippen molar-refractivity contribution < 1.29 is 4.42 Å². The molecule has 4 heteroatoms. The predicted molar refractivity (Wildman–Crippen MR) is 112 cm³/mol. The second-order valence-corrected chi connectivity index (χ2v) is 7.10. The van der Waals surface area contributed by atoms with Crippen molar-refractivity contribution >= 4 is 0 Å². The van der Waals surface area contributed by atoms with Crippen LogP contribution in [-0.4, -0.2) is 9.78 Å². The Labute approximate surface area is 165 Å². The Morgan fingerprint density at radius 1 is 0.964 bits per heavy atom. The number of benzene rings is 2. The maximum atomic E-state index is 5.75. The minimum absolute atomic E-state index is 0.134. The summed E-state index contributed by atoms with van der Waals surface area (Å²) in [6, 6.07) is 24.9. The van der Waals surface area contributed by atoms with Gasteiger partial charge in [-0.15, -0.1) is 0 Å². The van der Waals surface area contributed by atoms with Crippen molar-refractivity contribution in [2.75, 3.05) is 0 Å². The zero-order valence-electron chi connectivity index (χ0n) is 16.3. The molecule has 0 fully saturated rings. The Balaban J connectivity index is 1.57. The molecule has 1 N–H and O–H groups in total. The van der Waals surface area contributed by atoms with Crippen molar-refractivity contribution in [1.29, 1.82) is 0 Å². The Kier molecular flexibility index (Phi) is 5.40. The topological polar surface area (TPSA) is 43.0 Å². The molecule has 28 heavy (non-hydrogen) atoms. The summed E-state index contributed by atoms with van der Waals surface area (Å²) in [5, 5.41) is 8.45. The molecule has 4 rings (SSSR count). The van der Waals surface area contributed by atoms with E-state index in [1.807, 2.05) is 35.9 Å². The van der Waals surface area contributed by atoms with Crippen LogP contribution < -0.4 is 5.32 Å². The first-order valence-electron chi connectivity index (χ1n) is 9.64. The smallest absolute Gasteiger partial charge is 0.120 e. The Morgan fingerprint density at radius 3 is 2.36 bits per heavy atom. The quantitative estimate of drug-likeness (QED) is 0.476. The number of aryl methyl sites for hydroxylation is 1. The number of furan rings is 1. The fraction of sp³-hybridized carbons (Fsp3) is 0.208. The van der Waals surface area contributed by atoms with Gasteiger partial charge in [-0.2, -0.15) is 5.10 Å². The zero-order chi connectivity index (χ0) is 19.3. The molecule has 4 aromatic rings. The van der Waals surface area contributed by atoms with Crippen LogP contribution in [0.2, 0.25) is 0 Å². The summed E-state index contributed by atoms with van der Waals surface area (Å²) < 4.78 is 7.77. The first kappa shape index (κ1) is 18.3. The summed E-state index contributed by atoms with van der Waals surface area (Å²) in [5.74, 6) is 1.89. The molecule has 0 aliphatic heterocycles. The molecule has 0 radical (unpaired) electrons. The van der Waals surface area contributed by atoms with Gasteiger partial charge in [-0.05, 0) is 31.5 Å². The summed E-state index contributed by atoms with van der Waals surface area (Å²) in [6.07, 6.45) is 2.14. The van der Waals surface area contributed by atoms with E-state index < -0.39 is 0 Å². The Bertz CT molecular complexity index is 1020. The first-order chi connectivity index (χ1) is 13.7. The van der Waals surface area contributed by atoms with Crippen molar-refractivity contribution in [2.45, 2.75) is 33.0 Å². The highest BCUT2D eigenvalue weighted by Gasteiger charge is 2.14.